The maximum Gasteiger partial charge on any atom is 0.568 e. The van der Waals surface area contributed by atoms with Gasteiger partial charge in [0.25, 0.3) is 0 Å². The lowest BCUT2D eigenvalue weighted by atomic mass is 11.4. The monoisotopic (exact) mass is 128 g/mol. The molecular formula is CH7NO4P+. The van der Waals surface area contributed by atoms with Crippen molar-refractivity contribution < 1.29 is 19.2 Å². The van der Waals surface area contributed by atoms with Crippen LogP contribution in [0.5, 0.6) is 0 Å². The molecule has 0 saturated carbocycles. The van der Waals surface area contributed by atoms with Crippen molar-refractivity contribution in [2.45, 2.75) is 0 Å². The van der Waals surface area contributed by atoms with E-state index in [1.54, 1.807) is 0 Å². The van der Waals surface area contributed by atoms with Crippen molar-refractivity contribution in [3.05, 3.63) is 0 Å². The lowest BCUT2D eigenvalue weighted by molar-refractivity contribution is 0.165. The first kappa shape index (κ1) is 7.23. The fourth-order valence-electron chi connectivity index (χ4n) is 0.100. The predicted molar refractivity (Wildman–Crippen MR) is 23.7 cm³/mol. The highest BCUT2D eigenvalue weighted by Crippen LogP contribution is 2.44. The second kappa shape index (κ2) is 2.52. The molecule has 0 aromatic rings. The molecule has 0 atom stereocenters. The summed E-state index contributed by atoms with van der Waals surface area (Å²) in [5.74, 6) is 0. The van der Waals surface area contributed by atoms with E-state index in [-0.39, 0.29) is 0 Å². The third-order valence-electron chi connectivity index (χ3n) is 0.248. The zero-order chi connectivity index (χ0) is 5.91. The molecule has 7 heavy (non-hydrogen) atoms. The molecule has 0 spiro atoms. The minimum Gasteiger partial charge on any atom is -0.305 e. The van der Waals surface area contributed by atoms with Crippen LogP contribution in [0, 0.1) is 0 Å². The molecule has 0 fully saturated rings. The number of hydrogen-bond acceptors (Lipinski definition) is 5. The van der Waals surface area contributed by atoms with Crippen LogP contribution in [0.15, 0.2) is 0 Å². The van der Waals surface area contributed by atoms with Crippen molar-refractivity contribution in [2.24, 2.45) is 5.73 Å². The Balaban J connectivity index is 3.15. The van der Waals surface area contributed by atoms with Crippen LogP contribution in [-0.4, -0.2) is 21.4 Å². The Morgan fingerprint density at radius 3 is 1.86 bits per heavy atom. The summed E-state index contributed by atoms with van der Waals surface area (Å²) >= 11 is 0. The van der Waals surface area contributed by atoms with Crippen LogP contribution in [-0.2, 0) is 4.52 Å². The zero-order valence-corrected chi connectivity index (χ0v) is 4.38. The van der Waals surface area contributed by atoms with Gasteiger partial charge in [0.15, 0.2) is 0 Å². The Bertz CT molecular complexity index is 50.1. The zero-order valence-electron chi connectivity index (χ0n) is 3.48. The third-order valence-corrected chi connectivity index (χ3v) is 0.743. The van der Waals surface area contributed by atoms with Gasteiger partial charge in [-0.1, -0.05) is 0 Å². The second-order valence-corrected chi connectivity index (χ2v) is 2.09. The van der Waals surface area contributed by atoms with Gasteiger partial charge in [-0.05, 0) is 0 Å². The van der Waals surface area contributed by atoms with Gasteiger partial charge in [0.1, 0.15) is 6.73 Å². The lowest BCUT2D eigenvalue weighted by Crippen LogP contribution is -2.05. The van der Waals surface area contributed by atoms with E-state index in [0.717, 1.165) is 0 Å². The van der Waals surface area contributed by atoms with Crippen LogP contribution < -0.4 is 5.73 Å². The number of hydrogen-bond donors (Lipinski definition) is 4. The Morgan fingerprint density at radius 2 is 1.86 bits per heavy atom. The van der Waals surface area contributed by atoms with E-state index in [1.165, 1.54) is 0 Å². The fourth-order valence-corrected chi connectivity index (χ4v) is 0.300. The minimum atomic E-state index is -4.04. The molecule has 0 aliphatic heterocycles. The van der Waals surface area contributed by atoms with Gasteiger partial charge in [0.2, 0.25) is 0 Å². The van der Waals surface area contributed by atoms with Crippen molar-refractivity contribution in [1.82, 2.24) is 0 Å². The molecule has 0 saturated heterocycles. The van der Waals surface area contributed by atoms with E-state index >= 15 is 0 Å². The SMILES string of the molecule is NCO[P+](O)(O)O. The Hall–Kier alpha value is 0.230. The van der Waals surface area contributed by atoms with Crippen LogP contribution in [0.1, 0.15) is 0 Å². The van der Waals surface area contributed by atoms with Gasteiger partial charge in [0, 0.05) is 0 Å². The van der Waals surface area contributed by atoms with Crippen LogP contribution in [0.25, 0.3) is 0 Å². The van der Waals surface area contributed by atoms with E-state index in [9.17, 15) is 0 Å². The quantitative estimate of drug-likeness (QED) is 0.270. The van der Waals surface area contributed by atoms with Crippen molar-refractivity contribution in [3.63, 3.8) is 0 Å². The number of nitrogens with two attached hydrogens (primary N) is 1. The summed E-state index contributed by atoms with van der Waals surface area (Å²) in [4.78, 5) is 23.8. The highest BCUT2D eigenvalue weighted by atomic mass is 31.2. The van der Waals surface area contributed by atoms with Crippen LogP contribution in [0.3, 0.4) is 0 Å². The van der Waals surface area contributed by atoms with Gasteiger partial charge in [-0.3, -0.25) is 0 Å². The van der Waals surface area contributed by atoms with Gasteiger partial charge in [0.05, 0.1) is 0 Å². The summed E-state index contributed by atoms with van der Waals surface area (Å²) in [6, 6.07) is 0. The van der Waals surface area contributed by atoms with Crippen molar-refractivity contribution in [2.75, 3.05) is 6.73 Å². The molecule has 0 aliphatic carbocycles. The molecule has 6 heteroatoms. The molecule has 44 valence electrons. The first-order valence-corrected chi connectivity index (χ1v) is 3.04. The van der Waals surface area contributed by atoms with Gasteiger partial charge in [-0.2, -0.15) is 14.7 Å². The molecule has 5 N–H and O–H groups in total. The summed E-state index contributed by atoms with van der Waals surface area (Å²) in [6.45, 7) is -0.392. The van der Waals surface area contributed by atoms with Crippen LogP contribution in [0.4, 0.5) is 0 Å². The maximum absolute atomic E-state index is 7.94. The summed E-state index contributed by atoms with van der Waals surface area (Å²) in [5.41, 5.74) is 4.64. The van der Waals surface area contributed by atoms with Crippen molar-refractivity contribution >= 4 is 8.17 Å². The average Bonchev–Trinajstić information content (AvgIpc) is 1.30. The lowest BCUT2D eigenvalue weighted by Gasteiger charge is -1.96. The highest BCUT2D eigenvalue weighted by Gasteiger charge is 2.31. The molecule has 0 amide bonds. The molecule has 0 aliphatic rings. The van der Waals surface area contributed by atoms with E-state index in [1.807, 2.05) is 0 Å². The van der Waals surface area contributed by atoms with E-state index < -0.39 is 14.9 Å². The highest BCUT2D eigenvalue weighted by molar-refractivity contribution is 7.53. The van der Waals surface area contributed by atoms with Crippen LogP contribution in [0.2, 0.25) is 0 Å². The third kappa shape index (κ3) is 6.23. The smallest absolute Gasteiger partial charge is 0.305 e. The first-order valence-electron chi connectivity index (χ1n) is 1.48. The Labute approximate surface area is 41.0 Å². The second-order valence-electron chi connectivity index (χ2n) is 0.809. The predicted octanol–water partition coefficient (Wildman–Crippen LogP) is -1.43. The number of rotatable bonds is 2. The molecule has 5 nitrogen and oxygen atoms in total. The van der Waals surface area contributed by atoms with Gasteiger partial charge < -0.3 is 5.73 Å². The summed E-state index contributed by atoms with van der Waals surface area (Å²) < 4.78 is 3.78. The first-order chi connectivity index (χ1) is 3.06. The molecule has 0 unspecified atom stereocenters. The van der Waals surface area contributed by atoms with Crippen LogP contribution >= 0.6 is 8.17 Å². The van der Waals surface area contributed by atoms with Crippen molar-refractivity contribution in [1.29, 1.82) is 0 Å². The summed E-state index contributed by atoms with van der Waals surface area (Å²) in [6.07, 6.45) is 0. The van der Waals surface area contributed by atoms with Gasteiger partial charge >= 0.3 is 8.17 Å². The summed E-state index contributed by atoms with van der Waals surface area (Å²) in [5, 5.41) is 0. The molecule has 0 bridgehead atoms. The summed E-state index contributed by atoms with van der Waals surface area (Å²) in [7, 11) is -4.04. The standard InChI is InChI=1S/CH7NO4P/c2-1-6-7(3,4)5/h3-5H,1-2H2/q+1. The van der Waals surface area contributed by atoms with E-state index in [2.05, 4.69) is 10.3 Å². The largest absolute Gasteiger partial charge is 0.568 e. The Kier molecular flexibility index (Phi) is 2.60. The Morgan fingerprint density at radius 1 is 1.43 bits per heavy atom. The van der Waals surface area contributed by atoms with E-state index in [0.29, 0.717) is 0 Å². The van der Waals surface area contributed by atoms with Crippen molar-refractivity contribution in [3.8, 4) is 0 Å². The molecule has 0 aromatic carbocycles. The fraction of sp³-hybridized carbons (Fsp3) is 1.00. The van der Waals surface area contributed by atoms with E-state index in [4.69, 9.17) is 14.7 Å². The maximum atomic E-state index is 7.94. The minimum absolute atomic E-state index is 0.392. The molecule has 0 aromatic heterocycles. The molecule has 0 rings (SSSR count). The normalized spacial score (nSPS) is 12.0. The topological polar surface area (TPSA) is 95.9 Å². The molecule has 0 radical (unpaired) electrons. The average molecular weight is 128 g/mol. The molecule has 0 heterocycles. The van der Waals surface area contributed by atoms with Gasteiger partial charge in [-0.15, -0.1) is 4.52 Å². The molecular weight excluding hydrogens is 121 g/mol. The van der Waals surface area contributed by atoms with Gasteiger partial charge in [-0.25, -0.2) is 0 Å².